The zero-order valence-corrected chi connectivity index (χ0v) is 11.0. The maximum Gasteiger partial charge on any atom is 0.123 e. The third kappa shape index (κ3) is 3.01. The van der Waals surface area contributed by atoms with Gasteiger partial charge in [0.25, 0.3) is 0 Å². The topological polar surface area (TPSA) is 47.9 Å². The number of hydrogen-bond donors (Lipinski definition) is 1. The molecule has 1 spiro atoms. The molecular weight excluding hydrogens is 244 g/mol. The highest BCUT2D eigenvalue weighted by molar-refractivity contribution is 5.31. The van der Waals surface area contributed by atoms with E-state index in [4.69, 9.17) is 14.2 Å². The lowest BCUT2D eigenvalue weighted by atomic mass is 9.85. The fraction of sp³-hybridized carbons (Fsp3) is 0.600. The van der Waals surface area contributed by atoms with Gasteiger partial charge in [0.05, 0.1) is 12.2 Å². The van der Waals surface area contributed by atoms with E-state index in [1.807, 2.05) is 6.07 Å². The van der Waals surface area contributed by atoms with E-state index in [1.165, 1.54) is 0 Å². The first kappa shape index (κ1) is 12.8. The molecule has 0 amide bonds. The Kier molecular flexibility index (Phi) is 3.62. The van der Waals surface area contributed by atoms with Gasteiger partial charge in [-0.1, -0.05) is 6.07 Å². The second-order valence-corrected chi connectivity index (χ2v) is 5.37. The molecule has 19 heavy (non-hydrogen) atoms. The number of ether oxygens (including phenoxy) is 3. The lowest BCUT2D eigenvalue weighted by molar-refractivity contribution is -0.155. The van der Waals surface area contributed by atoms with Crippen molar-refractivity contribution >= 4 is 0 Å². The molecular formula is C15H20O4. The predicted octanol–water partition coefficient (Wildman–Crippen LogP) is 2.50. The molecule has 0 aliphatic carbocycles. The van der Waals surface area contributed by atoms with Gasteiger partial charge in [-0.3, -0.25) is 0 Å². The maximum absolute atomic E-state index is 9.46. The van der Waals surface area contributed by atoms with Crippen molar-refractivity contribution in [1.29, 1.82) is 0 Å². The molecule has 2 heterocycles. The van der Waals surface area contributed by atoms with Crippen molar-refractivity contribution in [2.45, 2.75) is 37.4 Å². The highest BCUT2D eigenvalue weighted by Gasteiger charge is 2.39. The van der Waals surface area contributed by atoms with Crippen LogP contribution in [0.1, 0.15) is 25.7 Å². The average Bonchev–Trinajstić information content (AvgIpc) is 2.40. The maximum atomic E-state index is 9.46. The van der Waals surface area contributed by atoms with Gasteiger partial charge in [0.1, 0.15) is 17.6 Å². The minimum atomic E-state index is -0.0575. The highest BCUT2D eigenvalue weighted by Crippen LogP contribution is 2.36. The van der Waals surface area contributed by atoms with Crippen molar-refractivity contribution in [2.24, 2.45) is 0 Å². The smallest absolute Gasteiger partial charge is 0.123 e. The Labute approximate surface area is 113 Å². The number of aromatic hydroxyl groups is 1. The molecule has 2 fully saturated rings. The molecule has 4 heteroatoms. The van der Waals surface area contributed by atoms with Crippen LogP contribution in [0.15, 0.2) is 24.3 Å². The van der Waals surface area contributed by atoms with Crippen LogP contribution in [0.5, 0.6) is 11.5 Å². The van der Waals surface area contributed by atoms with E-state index >= 15 is 0 Å². The van der Waals surface area contributed by atoms with Gasteiger partial charge in [-0.2, -0.15) is 0 Å². The van der Waals surface area contributed by atoms with Crippen LogP contribution < -0.4 is 4.74 Å². The number of hydrogen-bond acceptors (Lipinski definition) is 4. The van der Waals surface area contributed by atoms with Crippen LogP contribution in [0.25, 0.3) is 0 Å². The SMILES string of the molecule is Oc1cccc(OC2CCOC3(CCOCC3)C2)c1. The predicted molar refractivity (Wildman–Crippen MR) is 70.5 cm³/mol. The number of phenols is 1. The third-order valence-corrected chi connectivity index (χ3v) is 3.97. The van der Waals surface area contributed by atoms with Gasteiger partial charge in [-0.25, -0.2) is 0 Å². The lowest BCUT2D eigenvalue weighted by Gasteiger charge is -2.43. The Bertz CT molecular complexity index is 420. The Balaban J connectivity index is 1.65. The Morgan fingerprint density at radius 3 is 2.84 bits per heavy atom. The molecule has 1 aromatic carbocycles. The highest BCUT2D eigenvalue weighted by atomic mass is 16.5. The summed E-state index contributed by atoms with van der Waals surface area (Å²) in [4.78, 5) is 0. The standard InChI is InChI=1S/C15H20O4/c16-12-2-1-3-13(10-12)19-14-4-7-18-15(11-14)5-8-17-9-6-15/h1-3,10,14,16H,4-9,11H2. The molecule has 1 aromatic rings. The van der Waals surface area contributed by atoms with Crippen molar-refractivity contribution < 1.29 is 19.3 Å². The fourth-order valence-electron chi connectivity index (χ4n) is 2.92. The summed E-state index contributed by atoms with van der Waals surface area (Å²) in [5.41, 5.74) is -0.0575. The summed E-state index contributed by atoms with van der Waals surface area (Å²) in [5, 5.41) is 9.46. The summed E-state index contributed by atoms with van der Waals surface area (Å²) >= 11 is 0. The monoisotopic (exact) mass is 264 g/mol. The van der Waals surface area contributed by atoms with E-state index < -0.39 is 0 Å². The van der Waals surface area contributed by atoms with E-state index in [9.17, 15) is 5.11 Å². The molecule has 0 radical (unpaired) electrons. The van der Waals surface area contributed by atoms with Crippen molar-refractivity contribution in [3.8, 4) is 11.5 Å². The first-order chi connectivity index (χ1) is 9.26. The van der Waals surface area contributed by atoms with E-state index in [0.717, 1.165) is 51.3 Å². The minimum absolute atomic E-state index is 0.0575. The first-order valence-corrected chi connectivity index (χ1v) is 6.93. The molecule has 0 aromatic heterocycles. The van der Waals surface area contributed by atoms with Crippen LogP contribution in [-0.4, -0.2) is 36.6 Å². The molecule has 0 saturated carbocycles. The van der Waals surface area contributed by atoms with E-state index in [1.54, 1.807) is 18.2 Å². The summed E-state index contributed by atoms with van der Waals surface area (Å²) in [6.07, 6.45) is 3.87. The molecule has 104 valence electrons. The lowest BCUT2D eigenvalue weighted by Crippen LogP contribution is -2.47. The van der Waals surface area contributed by atoms with Gasteiger partial charge in [-0.05, 0) is 25.0 Å². The summed E-state index contributed by atoms with van der Waals surface area (Å²) in [5.74, 6) is 0.972. The largest absolute Gasteiger partial charge is 0.508 e. The molecule has 1 unspecified atom stereocenters. The van der Waals surface area contributed by atoms with Gasteiger partial charge in [0.15, 0.2) is 0 Å². The number of benzene rings is 1. The Morgan fingerprint density at radius 1 is 1.21 bits per heavy atom. The molecule has 3 rings (SSSR count). The van der Waals surface area contributed by atoms with Gasteiger partial charge in [-0.15, -0.1) is 0 Å². The summed E-state index contributed by atoms with van der Waals surface area (Å²) in [7, 11) is 0. The third-order valence-electron chi connectivity index (χ3n) is 3.97. The molecule has 2 saturated heterocycles. The first-order valence-electron chi connectivity index (χ1n) is 6.93. The van der Waals surface area contributed by atoms with Crippen molar-refractivity contribution in [3.63, 3.8) is 0 Å². The molecule has 1 N–H and O–H groups in total. The molecule has 2 aliphatic rings. The Morgan fingerprint density at radius 2 is 2.05 bits per heavy atom. The fourth-order valence-corrected chi connectivity index (χ4v) is 2.92. The quantitative estimate of drug-likeness (QED) is 0.891. The summed E-state index contributed by atoms with van der Waals surface area (Å²) in [6.45, 7) is 2.29. The van der Waals surface area contributed by atoms with Gasteiger partial charge in [0, 0.05) is 32.1 Å². The van der Waals surface area contributed by atoms with Gasteiger partial charge < -0.3 is 19.3 Å². The molecule has 4 nitrogen and oxygen atoms in total. The van der Waals surface area contributed by atoms with Crippen molar-refractivity contribution in [3.05, 3.63) is 24.3 Å². The average molecular weight is 264 g/mol. The molecule has 2 aliphatic heterocycles. The van der Waals surface area contributed by atoms with Gasteiger partial charge in [0.2, 0.25) is 0 Å². The van der Waals surface area contributed by atoms with Crippen molar-refractivity contribution in [1.82, 2.24) is 0 Å². The van der Waals surface area contributed by atoms with Crippen LogP contribution in [0.4, 0.5) is 0 Å². The summed E-state index contributed by atoms with van der Waals surface area (Å²) < 4.78 is 17.4. The van der Waals surface area contributed by atoms with E-state index in [-0.39, 0.29) is 17.5 Å². The Hall–Kier alpha value is -1.26. The van der Waals surface area contributed by atoms with Crippen LogP contribution in [0, 0.1) is 0 Å². The van der Waals surface area contributed by atoms with Crippen LogP contribution in [0.2, 0.25) is 0 Å². The van der Waals surface area contributed by atoms with Gasteiger partial charge >= 0.3 is 0 Å². The summed E-state index contributed by atoms with van der Waals surface area (Å²) in [6, 6.07) is 6.99. The van der Waals surface area contributed by atoms with Crippen LogP contribution in [0.3, 0.4) is 0 Å². The molecule has 1 atom stereocenters. The second kappa shape index (κ2) is 5.39. The number of phenolic OH excluding ortho intramolecular Hbond substituents is 1. The van der Waals surface area contributed by atoms with Crippen LogP contribution >= 0.6 is 0 Å². The number of rotatable bonds is 2. The van der Waals surface area contributed by atoms with Crippen molar-refractivity contribution in [2.75, 3.05) is 19.8 Å². The minimum Gasteiger partial charge on any atom is -0.508 e. The normalized spacial score (nSPS) is 26.2. The van der Waals surface area contributed by atoms with E-state index in [0.29, 0.717) is 0 Å². The molecule has 0 bridgehead atoms. The second-order valence-electron chi connectivity index (χ2n) is 5.37. The zero-order chi connectivity index (χ0) is 13.1. The van der Waals surface area contributed by atoms with Crippen LogP contribution in [-0.2, 0) is 9.47 Å². The van der Waals surface area contributed by atoms with E-state index in [2.05, 4.69) is 0 Å². The zero-order valence-electron chi connectivity index (χ0n) is 11.0.